The molecular formula is C12H19N3. The first-order chi connectivity index (χ1) is 7.12. The van der Waals surface area contributed by atoms with E-state index in [4.69, 9.17) is 5.73 Å². The van der Waals surface area contributed by atoms with Crippen LogP contribution in [0.2, 0.25) is 0 Å². The highest BCUT2D eigenvalue weighted by atomic mass is 15.3. The molecule has 15 heavy (non-hydrogen) atoms. The number of rotatable bonds is 3. The van der Waals surface area contributed by atoms with E-state index in [0.717, 1.165) is 18.8 Å². The fourth-order valence-corrected chi connectivity index (χ4v) is 2.33. The second kappa shape index (κ2) is 2.85. The van der Waals surface area contributed by atoms with Gasteiger partial charge in [-0.2, -0.15) is 5.10 Å². The van der Waals surface area contributed by atoms with Crippen molar-refractivity contribution in [3.8, 4) is 0 Å². The summed E-state index contributed by atoms with van der Waals surface area (Å²) in [6.07, 6.45) is 6.93. The fourth-order valence-electron chi connectivity index (χ4n) is 2.33. The normalized spacial score (nSPS) is 23.5. The maximum atomic E-state index is 6.29. The highest BCUT2D eigenvalue weighted by molar-refractivity contribution is 5.36. The number of nitrogens with zero attached hydrogens (tertiary/aromatic N) is 2. The van der Waals surface area contributed by atoms with E-state index in [0.29, 0.717) is 6.04 Å². The Morgan fingerprint density at radius 2 is 2.13 bits per heavy atom. The van der Waals surface area contributed by atoms with Gasteiger partial charge in [0.1, 0.15) is 0 Å². The topological polar surface area (TPSA) is 43.8 Å². The molecule has 1 heterocycles. The van der Waals surface area contributed by atoms with Gasteiger partial charge in [-0.15, -0.1) is 0 Å². The van der Waals surface area contributed by atoms with Crippen LogP contribution in [0.25, 0.3) is 0 Å². The lowest BCUT2D eigenvalue weighted by atomic mass is 10.0. The van der Waals surface area contributed by atoms with E-state index in [2.05, 4.69) is 23.6 Å². The monoisotopic (exact) mass is 205 g/mol. The molecule has 0 unspecified atom stereocenters. The van der Waals surface area contributed by atoms with Crippen LogP contribution in [-0.2, 0) is 5.54 Å². The van der Waals surface area contributed by atoms with E-state index in [9.17, 15) is 0 Å². The standard InChI is InChI=1S/C12H19N3/c1-8(2)15-11(9-3-4-9)10(7-14-15)12(13)5-6-12/h7-9H,3-6,13H2,1-2H3. The third-order valence-corrected chi connectivity index (χ3v) is 3.61. The van der Waals surface area contributed by atoms with E-state index in [1.54, 1.807) is 0 Å². The second-order valence-corrected chi connectivity index (χ2v) is 5.41. The lowest BCUT2D eigenvalue weighted by Gasteiger charge is -2.14. The maximum absolute atomic E-state index is 6.29. The molecule has 0 spiro atoms. The van der Waals surface area contributed by atoms with Crippen molar-refractivity contribution in [1.82, 2.24) is 9.78 Å². The first kappa shape index (κ1) is 9.40. The molecule has 82 valence electrons. The number of aromatic nitrogens is 2. The van der Waals surface area contributed by atoms with Gasteiger partial charge in [-0.05, 0) is 39.5 Å². The fraction of sp³-hybridized carbons (Fsp3) is 0.750. The minimum absolute atomic E-state index is 0.0228. The summed E-state index contributed by atoms with van der Waals surface area (Å²) < 4.78 is 2.18. The quantitative estimate of drug-likeness (QED) is 0.822. The van der Waals surface area contributed by atoms with E-state index >= 15 is 0 Å². The lowest BCUT2D eigenvalue weighted by molar-refractivity contribution is 0.506. The van der Waals surface area contributed by atoms with Crippen molar-refractivity contribution in [3.63, 3.8) is 0 Å². The summed E-state index contributed by atoms with van der Waals surface area (Å²) in [5, 5.41) is 4.52. The molecule has 0 aliphatic heterocycles. The zero-order valence-corrected chi connectivity index (χ0v) is 9.53. The Morgan fingerprint density at radius 1 is 1.47 bits per heavy atom. The largest absolute Gasteiger partial charge is 0.321 e. The summed E-state index contributed by atoms with van der Waals surface area (Å²) in [5.74, 6) is 0.742. The Bertz CT molecular complexity index is 384. The van der Waals surface area contributed by atoms with Gasteiger partial charge in [0.2, 0.25) is 0 Å². The van der Waals surface area contributed by atoms with E-state index in [-0.39, 0.29) is 5.54 Å². The third-order valence-electron chi connectivity index (χ3n) is 3.61. The minimum atomic E-state index is -0.0228. The van der Waals surface area contributed by atoms with E-state index in [1.165, 1.54) is 24.1 Å². The molecule has 0 atom stereocenters. The molecule has 3 rings (SSSR count). The average molecular weight is 205 g/mol. The van der Waals surface area contributed by atoms with Crippen LogP contribution < -0.4 is 5.73 Å². The van der Waals surface area contributed by atoms with Gasteiger partial charge in [0.15, 0.2) is 0 Å². The van der Waals surface area contributed by atoms with Crippen LogP contribution in [0.4, 0.5) is 0 Å². The van der Waals surface area contributed by atoms with Crippen molar-refractivity contribution >= 4 is 0 Å². The van der Waals surface area contributed by atoms with Crippen molar-refractivity contribution < 1.29 is 0 Å². The predicted molar refractivity (Wildman–Crippen MR) is 59.7 cm³/mol. The highest BCUT2D eigenvalue weighted by Gasteiger charge is 2.45. The van der Waals surface area contributed by atoms with Crippen molar-refractivity contribution in [2.45, 2.75) is 57.0 Å². The van der Waals surface area contributed by atoms with Gasteiger partial charge in [-0.25, -0.2) is 0 Å². The van der Waals surface area contributed by atoms with Crippen LogP contribution in [-0.4, -0.2) is 9.78 Å². The Kier molecular flexibility index (Phi) is 1.78. The van der Waals surface area contributed by atoms with Gasteiger partial charge < -0.3 is 5.73 Å². The first-order valence-corrected chi connectivity index (χ1v) is 5.98. The van der Waals surface area contributed by atoms with Crippen LogP contribution in [0.1, 0.15) is 62.7 Å². The van der Waals surface area contributed by atoms with Crippen molar-refractivity contribution in [2.75, 3.05) is 0 Å². The van der Waals surface area contributed by atoms with Crippen LogP contribution >= 0.6 is 0 Å². The molecule has 2 fully saturated rings. The van der Waals surface area contributed by atoms with E-state index < -0.39 is 0 Å². The maximum Gasteiger partial charge on any atom is 0.0543 e. The molecule has 2 aliphatic carbocycles. The molecule has 2 aliphatic rings. The van der Waals surface area contributed by atoms with Gasteiger partial charge in [-0.3, -0.25) is 4.68 Å². The van der Waals surface area contributed by atoms with Crippen LogP contribution in [0, 0.1) is 0 Å². The molecule has 0 amide bonds. The molecule has 0 radical (unpaired) electrons. The van der Waals surface area contributed by atoms with Gasteiger partial charge in [0, 0.05) is 28.8 Å². The smallest absolute Gasteiger partial charge is 0.0543 e. The molecule has 0 bridgehead atoms. The molecule has 0 aromatic carbocycles. The molecule has 3 nitrogen and oxygen atoms in total. The van der Waals surface area contributed by atoms with E-state index in [1.807, 2.05) is 6.20 Å². The Morgan fingerprint density at radius 3 is 2.60 bits per heavy atom. The Balaban J connectivity index is 2.06. The molecule has 2 N–H and O–H groups in total. The number of nitrogens with two attached hydrogens (primary N) is 1. The van der Waals surface area contributed by atoms with Gasteiger partial charge >= 0.3 is 0 Å². The Hall–Kier alpha value is -0.830. The zero-order chi connectivity index (χ0) is 10.6. The van der Waals surface area contributed by atoms with Gasteiger partial charge in [0.05, 0.1) is 6.20 Å². The first-order valence-electron chi connectivity index (χ1n) is 5.98. The molecule has 0 saturated heterocycles. The lowest BCUT2D eigenvalue weighted by Crippen LogP contribution is -2.20. The van der Waals surface area contributed by atoms with Crippen LogP contribution in [0.3, 0.4) is 0 Å². The summed E-state index contributed by atoms with van der Waals surface area (Å²) in [7, 11) is 0. The summed E-state index contributed by atoms with van der Waals surface area (Å²) in [6, 6.07) is 0.455. The second-order valence-electron chi connectivity index (χ2n) is 5.41. The predicted octanol–water partition coefficient (Wildman–Crippen LogP) is 2.29. The summed E-state index contributed by atoms with van der Waals surface area (Å²) in [6.45, 7) is 4.39. The molecule has 3 heteroatoms. The SMILES string of the molecule is CC(C)n1ncc(C2(N)CC2)c1C1CC1. The van der Waals surface area contributed by atoms with Gasteiger partial charge in [0.25, 0.3) is 0 Å². The number of hydrogen-bond acceptors (Lipinski definition) is 2. The summed E-state index contributed by atoms with van der Waals surface area (Å²) >= 11 is 0. The molecular weight excluding hydrogens is 186 g/mol. The van der Waals surface area contributed by atoms with Crippen molar-refractivity contribution in [3.05, 3.63) is 17.5 Å². The number of hydrogen-bond donors (Lipinski definition) is 1. The summed E-state index contributed by atoms with van der Waals surface area (Å²) in [4.78, 5) is 0. The van der Waals surface area contributed by atoms with Crippen molar-refractivity contribution in [1.29, 1.82) is 0 Å². The van der Waals surface area contributed by atoms with Crippen LogP contribution in [0.15, 0.2) is 6.20 Å². The van der Waals surface area contributed by atoms with Gasteiger partial charge in [-0.1, -0.05) is 0 Å². The average Bonchev–Trinajstić information content (AvgIpc) is 3.09. The zero-order valence-electron chi connectivity index (χ0n) is 9.53. The molecule has 1 aromatic heterocycles. The molecule has 2 saturated carbocycles. The van der Waals surface area contributed by atoms with Crippen molar-refractivity contribution in [2.24, 2.45) is 5.73 Å². The summed E-state index contributed by atoms with van der Waals surface area (Å²) in [5.41, 5.74) is 9.04. The minimum Gasteiger partial charge on any atom is -0.321 e. The Labute approximate surface area is 90.7 Å². The molecule has 1 aromatic rings. The third kappa shape index (κ3) is 1.41. The highest BCUT2D eigenvalue weighted by Crippen LogP contribution is 2.50. The van der Waals surface area contributed by atoms with Crippen LogP contribution in [0.5, 0.6) is 0 Å².